The van der Waals surface area contributed by atoms with Crippen LogP contribution in [0.25, 0.3) is 0 Å². The molecule has 1 aromatic carbocycles. The Balaban J connectivity index is 2.11. The molecule has 20 heavy (non-hydrogen) atoms. The molecule has 6 nitrogen and oxygen atoms in total. The second-order valence-electron chi connectivity index (χ2n) is 4.20. The average molecular weight is 316 g/mol. The summed E-state index contributed by atoms with van der Waals surface area (Å²) in [5, 5.41) is 13.6. The summed E-state index contributed by atoms with van der Waals surface area (Å²) in [7, 11) is -2.34. The summed E-state index contributed by atoms with van der Waals surface area (Å²) in [6.45, 7) is -0.145. The first-order valence-electron chi connectivity index (χ1n) is 5.82. The van der Waals surface area contributed by atoms with E-state index >= 15 is 0 Å². The summed E-state index contributed by atoms with van der Waals surface area (Å²) in [6.07, 6.45) is 0.321. The van der Waals surface area contributed by atoms with Crippen molar-refractivity contribution in [2.45, 2.75) is 11.1 Å². The van der Waals surface area contributed by atoms with Crippen molar-refractivity contribution in [2.24, 2.45) is 7.05 Å². The normalized spacial score (nSPS) is 13.3. The number of aliphatic hydroxyl groups is 1. The lowest BCUT2D eigenvalue weighted by atomic mass is 10.1. The summed E-state index contributed by atoms with van der Waals surface area (Å²) >= 11 is 5.80. The molecule has 1 heterocycles. The number of hydrogen-bond donors (Lipinski definition) is 2. The molecule has 0 bridgehead atoms. The number of nitrogens with one attached hydrogen (secondary N) is 1. The molecule has 0 aliphatic heterocycles. The SMILES string of the molecule is Cn1ncc(Cl)c1S(=O)(=O)NCC(O)c1ccccc1. The zero-order valence-corrected chi connectivity index (χ0v) is 12.3. The van der Waals surface area contributed by atoms with Gasteiger partial charge in [-0.2, -0.15) is 5.10 Å². The van der Waals surface area contributed by atoms with Crippen LogP contribution in [0.4, 0.5) is 0 Å². The highest BCUT2D eigenvalue weighted by atomic mass is 35.5. The number of hydrogen-bond acceptors (Lipinski definition) is 4. The second kappa shape index (κ2) is 5.92. The number of aryl methyl sites for hydroxylation is 1. The molecule has 0 aliphatic rings. The third kappa shape index (κ3) is 3.18. The first-order valence-corrected chi connectivity index (χ1v) is 7.68. The molecule has 0 spiro atoms. The van der Waals surface area contributed by atoms with Crippen LogP contribution in [0.2, 0.25) is 5.02 Å². The molecule has 2 rings (SSSR count). The Morgan fingerprint density at radius 1 is 1.40 bits per heavy atom. The van der Waals surface area contributed by atoms with Gasteiger partial charge in [0.2, 0.25) is 0 Å². The number of halogens is 1. The predicted octanol–water partition coefficient (Wildman–Crippen LogP) is 1.09. The molecular formula is C12H14ClN3O3S. The number of sulfonamides is 1. The molecule has 0 saturated carbocycles. The van der Waals surface area contributed by atoms with Crippen LogP contribution in [0, 0.1) is 0 Å². The van der Waals surface area contributed by atoms with Gasteiger partial charge < -0.3 is 5.11 Å². The highest BCUT2D eigenvalue weighted by molar-refractivity contribution is 7.89. The first kappa shape index (κ1) is 15.0. The monoisotopic (exact) mass is 315 g/mol. The Hall–Kier alpha value is -1.41. The van der Waals surface area contributed by atoms with Gasteiger partial charge in [-0.3, -0.25) is 4.68 Å². The summed E-state index contributed by atoms with van der Waals surface area (Å²) in [5.41, 5.74) is 0.631. The maximum Gasteiger partial charge on any atom is 0.259 e. The Labute approximate surface area is 122 Å². The second-order valence-corrected chi connectivity index (χ2v) is 6.29. The first-order chi connectivity index (χ1) is 9.42. The molecule has 0 fully saturated rings. The van der Waals surface area contributed by atoms with E-state index in [0.29, 0.717) is 5.56 Å². The summed E-state index contributed by atoms with van der Waals surface area (Å²) in [4.78, 5) is 0. The van der Waals surface area contributed by atoms with Crippen LogP contribution in [-0.2, 0) is 17.1 Å². The smallest absolute Gasteiger partial charge is 0.259 e. The molecule has 1 aromatic heterocycles. The van der Waals surface area contributed by atoms with Gasteiger partial charge in [0, 0.05) is 13.6 Å². The molecule has 8 heteroatoms. The molecule has 2 aromatic rings. The van der Waals surface area contributed by atoms with E-state index in [0.717, 1.165) is 0 Å². The Morgan fingerprint density at radius 2 is 2.05 bits per heavy atom. The van der Waals surface area contributed by atoms with Crippen LogP contribution in [-0.4, -0.2) is 29.8 Å². The number of aromatic nitrogens is 2. The fourth-order valence-electron chi connectivity index (χ4n) is 1.75. The van der Waals surface area contributed by atoms with E-state index in [2.05, 4.69) is 9.82 Å². The van der Waals surface area contributed by atoms with Crippen molar-refractivity contribution in [2.75, 3.05) is 6.54 Å². The van der Waals surface area contributed by atoms with Gasteiger partial charge in [-0.25, -0.2) is 13.1 Å². The minimum atomic E-state index is -3.82. The van der Waals surface area contributed by atoms with Gasteiger partial charge in [0.05, 0.1) is 17.3 Å². The lowest BCUT2D eigenvalue weighted by Crippen LogP contribution is -2.30. The van der Waals surface area contributed by atoms with Crippen molar-refractivity contribution < 1.29 is 13.5 Å². The highest BCUT2D eigenvalue weighted by Crippen LogP contribution is 2.20. The van der Waals surface area contributed by atoms with Crippen LogP contribution < -0.4 is 4.72 Å². The molecular weight excluding hydrogens is 302 g/mol. The maximum absolute atomic E-state index is 12.1. The van der Waals surface area contributed by atoms with Gasteiger partial charge in [-0.05, 0) is 5.56 Å². The third-order valence-corrected chi connectivity index (χ3v) is 4.68. The zero-order valence-electron chi connectivity index (χ0n) is 10.7. The molecule has 0 radical (unpaired) electrons. The van der Waals surface area contributed by atoms with Crippen molar-refractivity contribution in [1.82, 2.24) is 14.5 Å². The highest BCUT2D eigenvalue weighted by Gasteiger charge is 2.23. The fourth-order valence-corrected chi connectivity index (χ4v) is 3.44. The zero-order chi connectivity index (χ0) is 14.8. The number of rotatable bonds is 5. The van der Waals surface area contributed by atoms with Gasteiger partial charge >= 0.3 is 0 Å². The molecule has 2 N–H and O–H groups in total. The van der Waals surface area contributed by atoms with Gasteiger partial charge in [0.15, 0.2) is 5.03 Å². The fraction of sp³-hybridized carbons (Fsp3) is 0.250. The van der Waals surface area contributed by atoms with Gasteiger partial charge in [-0.15, -0.1) is 0 Å². The summed E-state index contributed by atoms with van der Waals surface area (Å²) in [5.74, 6) is 0. The third-order valence-electron chi connectivity index (χ3n) is 2.75. The van der Waals surface area contributed by atoms with E-state index in [4.69, 9.17) is 11.6 Å². The number of aliphatic hydroxyl groups excluding tert-OH is 1. The van der Waals surface area contributed by atoms with Crippen molar-refractivity contribution in [3.05, 3.63) is 47.1 Å². The van der Waals surface area contributed by atoms with Gasteiger partial charge in [0.1, 0.15) is 0 Å². The number of nitrogens with zero attached hydrogens (tertiary/aromatic N) is 2. The Bertz CT molecular complexity index is 666. The minimum absolute atomic E-state index is 0.0363. The maximum atomic E-state index is 12.1. The molecule has 0 amide bonds. The summed E-state index contributed by atoms with van der Waals surface area (Å²) < 4.78 is 27.7. The van der Waals surface area contributed by atoms with E-state index in [1.54, 1.807) is 24.3 Å². The van der Waals surface area contributed by atoms with Gasteiger partial charge in [0.25, 0.3) is 10.0 Å². The van der Waals surface area contributed by atoms with E-state index < -0.39 is 16.1 Å². The standard InChI is InChI=1S/C12H14ClN3O3S/c1-16-12(10(13)7-14-16)20(18,19)15-8-11(17)9-5-3-2-4-6-9/h2-7,11,15,17H,8H2,1H3. The predicted molar refractivity (Wildman–Crippen MR) is 74.8 cm³/mol. The molecule has 1 unspecified atom stereocenters. The Morgan fingerprint density at radius 3 is 2.60 bits per heavy atom. The molecule has 108 valence electrons. The van der Waals surface area contributed by atoms with Crippen LogP contribution in [0.15, 0.2) is 41.6 Å². The van der Waals surface area contributed by atoms with E-state index in [1.807, 2.05) is 6.07 Å². The van der Waals surface area contributed by atoms with Crippen molar-refractivity contribution >= 4 is 21.6 Å². The van der Waals surface area contributed by atoms with Crippen molar-refractivity contribution in [1.29, 1.82) is 0 Å². The van der Waals surface area contributed by atoms with E-state index in [1.165, 1.54) is 17.9 Å². The largest absolute Gasteiger partial charge is 0.387 e. The topological polar surface area (TPSA) is 84.2 Å². The quantitative estimate of drug-likeness (QED) is 0.865. The van der Waals surface area contributed by atoms with Crippen LogP contribution in [0.3, 0.4) is 0 Å². The van der Waals surface area contributed by atoms with Crippen LogP contribution >= 0.6 is 11.6 Å². The van der Waals surface area contributed by atoms with Crippen molar-refractivity contribution in [3.63, 3.8) is 0 Å². The van der Waals surface area contributed by atoms with E-state index in [-0.39, 0.29) is 16.6 Å². The molecule has 1 atom stereocenters. The van der Waals surface area contributed by atoms with Gasteiger partial charge in [-0.1, -0.05) is 41.9 Å². The number of benzene rings is 1. The average Bonchev–Trinajstić information content (AvgIpc) is 2.77. The van der Waals surface area contributed by atoms with Crippen molar-refractivity contribution in [3.8, 4) is 0 Å². The summed E-state index contributed by atoms with van der Waals surface area (Å²) in [6, 6.07) is 8.79. The molecule has 0 aliphatic carbocycles. The van der Waals surface area contributed by atoms with Crippen LogP contribution in [0.1, 0.15) is 11.7 Å². The lowest BCUT2D eigenvalue weighted by molar-refractivity contribution is 0.182. The lowest BCUT2D eigenvalue weighted by Gasteiger charge is -2.12. The van der Waals surface area contributed by atoms with E-state index in [9.17, 15) is 13.5 Å². The van der Waals surface area contributed by atoms with Crippen LogP contribution in [0.5, 0.6) is 0 Å². The molecule has 0 saturated heterocycles. The minimum Gasteiger partial charge on any atom is -0.387 e. The Kier molecular flexibility index (Phi) is 4.44.